The van der Waals surface area contributed by atoms with Crippen LogP contribution in [0.25, 0.3) is 6.08 Å². The average Bonchev–Trinajstić information content (AvgIpc) is 2.63. The highest BCUT2D eigenvalue weighted by molar-refractivity contribution is 6.05. The average molecular weight is 420 g/mol. The number of carbonyl (C=O) groups is 1. The Morgan fingerprint density at radius 2 is 1.77 bits per heavy atom. The van der Waals surface area contributed by atoms with Crippen LogP contribution in [-0.2, 0) is 11.3 Å². The van der Waals surface area contributed by atoms with Crippen LogP contribution in [0.15, 0.2) is 33.9 Å². The first kappa shape index (κ1) is 23.1. The van der Waals surface area contributed by atoms with Gasteiger partial charge in [0.25, 0.3) is 11.5 Å². The molecule has 0 aliphatic carbocycles. The first-order valence-corrected chi connectivity index (χ1v) is 9.59. The highest BCUT2D eigenvalue weighted by atomic mass is 19.1. The SMILES string of the molecule is CC(C)CN(C(=O)/C=C/c1c(F)cccc1F)c1c(N)n(CC(C)C)c(=O)[nH]c1=O. The monoisotopic (exact) mass is 420 g/mol. The molecule has 0 spiro atoms. The van der Waals surface area contributed by atoms with E-state index in [0.717, 1.165) is 29.2 Å². The molecule has 2 aromatic rings. The number of aromatic nitrogens is 2. The predicted octanol–water partition coefficient (Wildman–Crippen LogP) is 2.76. The van der Waals surface area contributed by atoms with E-state index in [-0.39, 0.29) is 42.0 Å². The van der Waals surface area contributed by atoms with Crippen LogP contribution in [0.2, 0.25) is 0 Å². The lowest BCUT2D eigenvalue weighted by atomic mass is 10.1. The van der Waals surface area contributed by atoms with Gasteiger partial charge in [-0.15, -0.1) is 0 Å². The third kappa shape index (κ3) is 5.22. The Morgan fingerprint density at radius 3 is 2.30 bits per heavy atom. The van der Waals surface area contributed by atoms with Crippen molar-refractivity contribution in [2.45, 2.75) is 34.2 Å². The van der Waals surface area contributed by atoms with E-state index >= 15 is 0 Å². The van der Waals surface area contributed by atoms with Crippen LogP contribution < -0.4 is 21.9 Å². The maximum Gasteiger partial charge on any atom is 0.330 e. The number of nitrogens with two attached hydrogens (primary N) is 1. The van der Waals surface area contributed by atoms with E-state index in [1.54, 1.807) is 0 Å². The van der Waals surface area contributed by atoms with Gasteiger partial charge in [0.1, 0.15) is 17.5 Å². The lowest BCUT2D eigenvalue weighted by Gasteiger charge is -2.25. The normalized spacial score (nSPS) is 11.6. The topological polar surface area (TPSA) is 101 Å². The van der Waals surface area contributed by atoms with Crippen molar-refractivity contribution in [3.63, 3.8) is 0 Å². The molecular formula is C21H26F2N4O3. The van der Waals surface area contributed by atoms with E-state index in [2.05, 4.69) is 4.98 Å². The quantitative estimate of drug-likeness (QED) is 0.673. The van der Waals surface area contributed by atoms with Gasteiger partial charge in [-0.05, 0) is 30.0 Å². The number of anilines is 2. The number of hydrogen-bond donors (Lipinski definition) is 2. The minimum absolute atomic E-state index is 0.0573. The molecule has 162 valence electrons. The van der Waals surface area contributed by atoms with Gasteiger partial charge < -0.3 is 10.6 Å². The van der Waals surface area contributed by atoms with Crippen molar-refractivity contribution in [2.75, 3.05) is 17.2 Å². The third-order valence-corrected chi connectivity index (χ3v) is 4.24. The fraction of sp³-hybridized carbons (Fsp3) is 0.381. The molecule has 0 saturated heterocycles. The molecule has 0 radical (unpaired) electrons. The van der Waals surface area contributed by atoms with Crippen molar-refractivity contribution in [3.8, 4) is 0 Å². The number of benzene rings is 1. The van der Waals surface area contributed by atoms with Gasteiger partial charge in [0, 0.05) is 24.7 Å². The molecule has 3 N–H and O–H groups in total. The molecule has 9 heteroatoms. The van der Waals surface area contributed by atoms with Crippen molar-refractivity contribution in [2.24, 2.45) is 11.8 Å². The van der Waals surface area contributed by atoms with Crippen LogP contribution in [0.5, 0.6) is 0 Å². The van der Waals surface area contributed by atoms with Crippen molar-refractivity contribution in [3.05, 3.63) is 62.3 Å². The van der Waals surface area contributed by atoms with Gasteiger partial charge in [-0.2, -0.15) is 0 Å². The van der Waals surface area contributed by atoms with Crippen LogP contribution in [0.4, 0.5) is 20.3 Å². The van der Waals surface area contributed by atoms with Gasteiger partial charge in [-0.1, -0.05) is 33.8 Å². The Morgan fingerprint density at radius 1 is 1.17 bits per heavy atom. The second-order valence-electron chi connectivity index (χ2n) is 7.81. The number of halogens is 2. The van der Waals surface area contributed by atoms with Gasteiger partial charge >= 0.3 is 5.69 Å². The number of rotatable bonds is 7. The summed E-state index contributed by atoms with van der Waals surface area (Å²) in [5.74, 6) is -2.48. The number of aromatic amines is 1. The molecule has 0 aliphatic rings. The summed E-state index contributed by atoms with van der Waals surface area (Å²) in [5.41, 5.74) is 4.08. The summed E-state index contributed by atoms with van der Waals surface area (Å²) < 4.78 is 28.9. The van der Waals surface area contributed by atoms with Gasteiger partial charge in [0.05, 0.1) is 0 Å². The Hall–Kier alpha value is -3.23. The van der Waals surface area contributed by atoms with Gasteiger partial charge in [-0.3, -0.25) is 19.1 Å². The smallest absolute Gasteiger partial charge is 0.330 e. The molecule has 2 rings (SSSR count). The molecular weight excluding hydrogens is 394 g/mol. The number of H-pyrrole nitrogens is 1. The van der Waals surface area contributed by atoms with Crippen LogP contribution in [0.1, 0.15) is 33.3 Å². The molecule has 0 bridgehead atoms. The third-order valence-electron chi connectivity index (χ3n) is 4.24. The second-order valence-corrected chi connectivity index (χ2v) is 7.81. The number of amides is 1. The Bertz CT molecular complexity index is 1050. The zero-order valence-electron chi connectivity index (χ0n) is 17.4. The maximum absolute atomic E-state index is 13.9. The van der Waals surface area contributed by atoms with E-state index in [1.165, 1.54) is 10.6 Å². The highest BCUT2D eigenvalue weighted by Crippen LogP contribution is 2.20. The second kappa shape index (κ2) is 9.51. The number of carbonyl (C=O) groups excluding carboxylic acids is 1. The van der Waals surface area contributed by atoms with Gasteiger partial charge in [-0.25, -0.2) is 13.6 Å². The van der Waals surface area contributed by atoms with E-state index in [1.807, 2.05) is 27.7 Å². The van der Waals surface area contributed by atoms with Crippen molar-refractivity contribution in [1.82, 2.24) is 9.55 Å². The summed E-state index contributed by atoms with van der Waals surface area (Å²) in [6.07, 6.45) is 1.98. The lowest BCUT2D eigenvalue weighted by Crippen LogP contribution is -2.42. The molecule has 1 amide bonds. The fourth-order valence-electron chi connectivity index (χ4n) is 2.96. The molecule has 0 fully saturated rings. The molecule has 7 nitrogen and oxygen atoms in total. The molecule has 1 aromatic carbocycles. The summed E-state index contributed by atoms with van der Waals surface area (Å²) in [7, 11) is 0. The van der Waals surface area contributed by atoms with Gasteiger partial charge in [0.15, 0.2) is 5.69 Å². The van der Waals surface area contributed by atoms with Crippen LogP contribution >= 0.6 is 0 Å². The first-order valence-electron chi connectivity index (χ1n) is 9.59. The van der Waals surface area contributed by atoms with Crippen LogP contribution in [0.3, 0.4) is 0 Å². The van der Waals surface area contributed by atoms with E-state index in [9.17, 15) is 23.2 Å². The molecule has 0 atom stereocenters. The largest absolute Gasteiger partial charge is 0.383 e. The summed E-state index contributed by atoms with van der Waals surface area (Å²) in [4.78, 5) is 40.9. The molecule has 0 aliphatic heterocycles. The van der Waals surface area contributed by atoms with Crippen molar-refractivity contribution < 1.29 is 13.6 Å². The van der Waals surface area contributed by atoms with Crippen LogP contribution in [0, 0.1) is 23.5 Å². The zero-order valence-corrected chi connectivity index (χ0v) is 17.4. The van der Waals surface area contributed by atoms with Crippen molar-refractivity contribution >= 4 is 23.5 Å². The van der Waals surface area contributed by atoms with E-state index in [4.69, 9.17) is 5.73 Å². The molecule has 0 unspecified atom stereocenters. The molecule has 1 aromatic heterocycles. The number of nitrogens with one attached hydrogen (secondary N) is 1. The Labute approximate surface area is 172 Å². The zero-order chi connectivity index (χ0) is 22.6. The fourth-order valence-corrected chi connectivity index (χ4v) is 2.96. The minimum atomic E-state index is -0.822. The number of nitrogens with zero attached hydrogens (tertiary/aromatic N) is 2. The predicted molar refractivity (Wildman–Crippen MR) is 113 cm³/mol. The lowest BCUT2D eigenvalue weighted by molar-refractivity contribution is -0.114. The summed E-state index contributed by atoms with van der Waals surface area (Å²) in [5, 5.41) is 0. The summed E-state index contributed by atoms with van der Waals surface area (Å²) in [6.45, 7) is 7.76. The summed E-state index contributed by atoms with van der Waals surface area (Å²) in [6, 6.07) is 3.36. The number of hydrogen-bond acceptors (Lipinski definition) is 4. The van der Waals surface area contributed by atoms with Gasteiger partial charge in [0.2, 0.25) is 0 Å². The molecule has 1 heterocycles. The molecule has 30 heavy (non-hydrogen) atoms. The summed E-state index contributed by atoms with van der Waals surface area (Å²) >= 11 is 0. The van der Waals surface area contributed by atoms with Crippen LogP contribution in [-0.4, -0.2) is 22.0 Å². The standard InChI is InChI=1S/C21H26F2N4O3/c1-12(2)10-26(17(28)9-8-14-15(22)6-5-7-16(14)23)18-19(24)27(11-13(3)4)21(30)25-20(18)29/h5-9,12-13H,10-11,24H2,1-4H3,(H,25,29,30)/b9-8+. The minimum Gasteiger partial charge on any atom is -0.383 e. The van der Waals surface area contributed by atoms with Crippen molar-refractivity contribution in [1.29, 1.82) is 0 Å². The maximum atomic E-state index is 13.9. The number of nitrogen functional groups attached to an aromatic ring is 1. The Kier molecular flexibility index (Phi) is 7.31. The Balaban J connectivity index is 2.55. The first-order chi connectivity index (χ1) is 14.0. The van der Waals surface area contributed by atoms with E-state index < -0.39 is 28.8 Å². The van der Waals surface area contributed by atoms with E-state index in [0.29, 0.717) is 0 Å². The molecule has 0 saturated carbocycles. The highest BCUT2D eigenvalue weighted by Gasteiger charge is 2.24.